The Morgan fingerprint density at radius 3 is 2.53 bits per heavy atom. The van der Waals surface area contributed by atoms with Crippen LogP contribution in [0, 0.1) is 0 Å². The predicted octanol–water partition coefficient (Wildman–Crippen LogP) is 4.21. The van der Waals surface area contributed by atoms with Crippen LogP contribution >= 0.6 is 0 Å². The van der Waals surface area contributed by atoms with E-state index >= 15 is 0 Å². The number of rotatable bonds is 7. The fourth-order valence-corrected chi connectivity index (χ4v) is 6.27. The van der Waals surface area contributed by atoms with Crippen LogP contribution in [0.5, 0.6) is 0 Å². The van der Waals surface area contributed by atoms with Crippen molar-refractivity contribution in [2.24, 2.45) is 0 Å². The summed E-state index contributed by atoms with van der Waals surface area (Å²) in [6.07, 6.45) is 12.1. The summed E-state index contributed by atoms with van der Waals surface area (Å²) in [6, 6.07) is 8.26. The van der Waals surface area contributed by atoms with Gasteiger partial charge < -0.3 is 9.64 Å². The van der Waals surface area contributed by atoms with E-state index in [-0.39, 0.29) is 4.91 Å². The molecule has 10 heteroatoms. The maximum atomic E-state index is 12.8. The molecule has 0 bridgehead atoms. The molecule has 0 atom stereocenters. The quantitative estimate of drug-likeness (QED) is 0.450. The van der Waals surface area contributed by atoms with Crippen molar-refractivity contribution in [1.82, 2.24) is 19.9 Å². The first kappa shape index (κ1) is 26.3. The van der Waals surface area contributed by atoms with E-state index in [1.807, 2.05) is 24.4 Å². The highest BCUT2D eigenvalue weighted by molar-refractivity contribution is 7.96. The van der Waals surface area contributed by atoms with Gasteiger partial charge in [0.25, 0.3) is 10.0 Å². The number of aromatic nitrogens is 3. The average molecular weight is 535 g/mol. The Kier molecular flexibility index (Phi) is 8.01. The molecule has 38 heavy (non-hydrogen) atoms. The molecule has 1 N–H and O–H groups in total. The summed E-state index contributed by atoms with van der Waals surface area (Å²) in [6.45, 7) is 9.08. The van der Waals surface area contributed by atoms with Crippen molar-refractivity contribution in [1.29, 1.82) is 0 Å². The minimum absolute atomic E-state index is 0.202. The second-order valence-corrected chi connectivity index (χ2v) is 11.2. The van der Waals surface area contributed by atoms with Gasteiger partial charge in [-0.2, -0.15) is 0 Å². The van der Waals surface area contributed by atoms with Crippen molar-refractivity contribution in [2.45, 2.75) is 32.7 Å². The number of hydrogen-bond donors (Lipinski definition) is 1. The van der Waals surface area contributed by atoms with E-state index in [1.54, 1.807) is 44.3 Å². The SMILES string of the molecule is C/C=C\C(=C/C)S(=O)(=O)Nc1cncc(-c2ccc3ncc(N4CCC(N5CCOCC5)CC4)nc3c2)c1. The Morgan fingerprint density at radius 2 is 1.79 bits per heavy atom. The summed E-state index contributed by atoms with van der Waals surface area (Å²) in [5.41, 5.74) is 3.69. The molecule has 0 aliphatic carbocycles. The van der Waals surface area contributed by atoms with Crippen LogP contribution in [-0.2, 0) is 14.8 Å². The molecule has 5 rings (SSSR count). The minimum Gasteiger partial charge on any atom is -0.379 e. The number of nitrogens with one attached hydrogen (secondary N) is 1. The van der Waals surface area contributed by atoms with Crippen molar-refractivity contribution in [2.75, 3.05) is 49.0 Å². The number of anilines is 2. The molecule has 0 saturated carbocycles. The van der Waals surface area contributed by atoms with Gasteiger partial charge in [0.15, 0.2) is 0 Å². The van der Waals surface area contributed by atoms with Crippen LogP contribution in [0.25, 0.3) is 22.2 Å². The van der Waals surface area contributed by atoms with E-state index in [4.69, 9.17) is 9.72 Å². The van der Waals surface area contributed by atoms with Gasteiger partial charge in [0.1, 0.15) is 5.82 Å². The first-order chi connectivity index (χ1) is 18.5. The highest BCUT2D eigenvalue weighted by Crippen LogP contribution is 2.28. The topological polar surface area (TPSA) is 101 Å². The van der Waals surface area contributed by atoms with Crippen molar-refractivity contribution >= 4 is 32.6 Å². The second kappa shape index (κ2) is 11.6. The number of benzene rings is 1. The Labute approximate surface area is 224 Å². The number of morpholine rings is 1. The van der Waals surface area contributed by atoms with E-state index in [2.05, 4.69) is 24.5 Å². The van der Waals surface area contributed by atoms with Gasteiger partial charge in [-0.3, -0.25) is 19.6 Å². The Morgan fingerprint density at radius 1 is 1.00 bits per heavy atom. The van der Waals surface area contributed by atoms with Gasteiger partial charge in [-0.25, -0.2) is 13.4 Å². The highest BCUT2D eigenvalue weighted by Gasteiger charge is 2.26. The van der Waals surface area contributed by atoms with E-state index in [1.165, 1.54) is 6.20 Å². The van der Waals surface area contributed by atoms with E-state index in [9.17, 15) is 8.42 Å². The molecule has 0 spiro atoms. The molecule has 0 amide bonds. The summed E-state index contributed by atoms with van der Waals surface area (Å²) in [4.78, 5) is 19.0. The van der Waals surface area contributed by atoms with Gasteiger partial charge >= 0.3 is 0 Å². The molecule has 9 nitrogen and oxygen atoms in total. The number of ether oxygens (including phenoxy) is 1. The molecule has 2 aliphatic rings. The molecule has 3 aromatic rings. The van der Waals surface area contributed by atoms with Crippen LogP contribution in [0.15, 0.2) is 66.0 Å². The fraction of sp³-hybridized carbons (Fsp3) is 0.393. The Bertz CT molecular complexity index is 1440. The van der Waals surface area contributed by atoms with Crippen LogP contribution in [0.3, 0.4) is 0 Å². The van der Waals surface area contributed by atoms with Gasteiger partial charge in [-0.05, 0) is 56.5 Å². The number of sulfonamides is 1. The minimum atomic E-state index is -3.70. The van der Waals surface area contributed by atoms with Crippen LogP contribution < -0.4 is 9.62 Å². The third-order valence-corrected chi connectivity index (χ3v) is 8.63. The molecule has 2 aromatic heterocycles. The van der Waals surface area contributed by atoms with Crippen molar-refractivity contribution < 1.29 is 13.2 Å². The first-order valence-corrected chi connectivity index (χ1v) is 14.6. The van der Waals surface area contributed by atoms with Gasteiger partial charge in [0, 0.05) is 44.0 Å². The fourth-order valence-electron chi connectivity index (χ4n) is 5.11. The average Bonchev–Trinajstić information content (AvgIpc) is 2.95. The lowest BCUT2D eigenvalue weighted by Gasteiger charge is -2.40. The maximum Gasteiger partial charge on any atom is 0.261 e. The summed E-state index contributed by atoms with van der Waals surface area (Å²) < 4.78 is 33.6. The predicted molar refractivity (Wildman–Crippen MR) is 152 cm³/mol. The summed E-state index contributed by atoms with van der Waals surface area (Å²) in [7, 11) is -3.70. The lowest BCUT2D eigenvalue weighted by Crippen LogP contribution is -2.49. The van der Waals surface area contributed by atoms with Crippen molar-refractivity contribution in [3.63, 3.8) is 0 Å². The molecule has 2 saturated heterocycles. The molecule has 2 fully saturated rings. The Balaban J connectivity index is 1.33. The Hall–Kier alpha value is -3.34. The summed E-state index contributed by atoms with van der Waals surface area (Å²) in [5, 5.41) is 0. The molecular weight excluding hydrogens is 500 g/mol. The smallest absolute Gasteiger partial charge is 0.261 e. The number of pyridine rings is 1. The van der Waals surface area contributed by atoms with E-state index < -0.39 is 10.0 Å². The molecule has 0 radical (unpaired) electrons. The van der Waals surface area contributed by atoms with Gasteiger partial charge in [-0.15, -0.1) is 0 Å². The zero-order chi connectivity index (χ0) is 26.5. The van der Waals surface area contributed by atoms with Crippen LogP contribution in [0.4, 0.5) is 11.5 Å². The van der Waals surface area contributed by atoms with Crippen molar-refractivity contribution in [3.05, 3.63) is 66.0 Å². The van der Waals surface area contributed by atoms with Gasteiger partial charge in [-0.1, -0.05) is 18.2 Å². The normalized spacial score (nSPS) is 18.4. The zero-order valence-corrected chi connectivity index (χ0v) is 22.7. The van der Waals surface area contributed by atoms with Gasteiger partial charge in [0.05, 0.1) is 47.2 Å². The molecule has 2 aliphatic heterocycles. The van der Waals surface area contributed by atoms with E-state index in [0.717, 1.165) is 80.2 Å². The number of hydrogen-bond acceptors (Lipinski definition) is 8. The van der Waals surface area contributed by atoms with Gasteiger partial charge in [0.2, 0.25) is 0 Å². The number of fused-ring (bicyclic) bond motifs is 1. The summed E-state index contributed by atoms with van der Waals surface area (Å²) >= 11 is 0. The zero-order valence-electron chi connectivity index (χ0n) is 21.9. The third kappa shape index (κ3) is 5.87. The molecule has 0 unspecified atom stereocenters. The van der Waals surface area contributed by atoms with Crippen LogP contribution in [-0.4, -0.2) is 73.7 Å². The number of piperidine rings is 1. The standard InChI is InChI=1S/C28H34N6O3S/c1-3-5-25(4-2)38(35,36)32-23-16-22(18-29-19-23)21-6-7-26-27(17-21)31-28(20-30-26)34-10-8-24(9-11-34)33-12-14-37-15-13-33/h3-7,16-20,24,32H,8-15H2,1-2H3/b5-3-,25-4+. The van der Waals surface area contributed by atoms with Crippen LogP contribution in [0.2, 0.25) is 0 Å². The lowest BCUT2D eigenvalue weighted by molar-refractivity contribution is 0.0115. The molecule has 4 heterocycles. The molecule has 200 valence electrons. The van der Waals surface area contributed by atoms with Crippen molar-refractivity contribution in [3.8, 4) is 11.1 Å². The van der Waals surface area contributed by atoms with Crippen LogP contribution in [0.1, 0.15) is 26.7 Å². The van der Waals surface area contributed by atoms with E-state index in [0.29, 0.717) is 11.7 Å². The number of nitrogens with zero attached hydrogens (tertiary/aromatic N) is 5. The molecular formula is C28H34N6O3S. The second-order valence-electron chi connectivity index (χ2n) is 9.56. The first-order valence-electron chi connectivity index (χ1n) is 13.1. The summed E-state index contributed by atoms with van der Waals surface area (Å²) in [5.74, 6) is 0.887. The molecule has 1 aromatic carbocycles. The monoisotopic (exact) mass is 534 g/mol. The maximum absolute atomic E-state index is 12.8. The lowest BCUT2D eigenvalue weighted by atomic mass is 10.0. The third-order valence-electron chi connectivity index (χ3n) is 7.13. The number of allylic oxidation sites excluding steroid dienone is 3. The largest absolute Gasteiger partial charge is 0.379 e. The highest BCUT2D eigenvalue weighted by atomic mass is 32.2.